The third-order valence-electron chi connectivity index (χ3n) is 4.74. The Morgan fingerprint density at radius 1 is 1.00 bits per heavy atom. The van der Waals surface area contributed by atoms with E-state index in [-0.39, 0.29) is 5.91 Å². The summed E-state index contributed by atoms with van der Waals surface area (Å²) >= 11 is 1.32. The average Bonchev–Trinajstić information content (AvgIpc) is 3.23. The van der Waals surface area contributed by atoms with Gasteiger partial charge in [0.2, 0.25) is 0 Å². The molecule has 0 fully saturated rings. The second-order valence-corrected chi connectivity index (χ2v) is 7.51. The number of nitrogens with one attached hydrogen (secondary N) is 1. The highest BCUT2D eigenvalue weighted by molar-refractivity contribution is 7.17. The highest BCUT2D eigenvalue weighted by atomic mass is 32.1. The molecule has 27 heavy (non-hydrogen) atoms. The van der Waals surface area contributed by atoms with Crippen LogP contribution in [-0.2, 0) is 13.0 Å². The standard InChI is InChI=1S/C21H18N2O3S/c24-20(22-26)19-9-8-18(27-19)16-7-6-14-10-11-23(13-17(14)12-16)21(25)15-4-2-1-3-5-15/h1-9,12,26H,10-11,13H2,(H,22,24). The van der Waals surface area contributed by atoms with Gasteiger partial charge in [0, 0.05) is 23.5 Å². The summed E-state index contributed by atoms with van der Waals surface area (Å²) < 4.78 is 0. The Hall–Kier alpha value is -2.96. The first-order valence-corrected chi connectivity index (χ1v) is 9.48. The Morgan fingerprint density at radius 2 is 1.81 bits per heavy atom. The molecular formula is C21H18N2O3S. The zero-order valence-electron chi connectivity index (χ0n) is 14.5. The highest BCUT2D eigenvalue weighted by Crippen LogP contribution is 2.31. The molecule has 0 spiro atoms. The Morgan fingerprint density at radius 3 is 2.59 bits per heavy atom. The number of hydroxylamine groups is 1. The van der Waals surface area contributed by atoms with Crippen molar-refractivity contribution >= 4 is 23.2 Å². The Kier molecular flexibility index (Phi) is 4.75. The number of fused-ring (bicyclic) bond motifs is 1. The van der Waals surface area contributed by atoms with Gasteiger partial charge in [-0.25, -0.2) is 5.48 Å². The van der Waals surface area contributed by atoms with Crippen molar-refractivity contribution < 1.29 is 14.8 Å². The van der Waals surface area contributed by atoms with Gasteiger partial charge < -0.3 is 4.90 Å². The summed E-state index contributed by atoms with van der Waals surface area (Å²) in [6.45, 7) is 1.28. The van der Waals surface area contributed by atoms with Gasteiger partial charge in [0.1, 0.15) is 0 Å². The van der Waals surface area contributed by atoms with E-state index in [4.69, 9.17) is 5.21 Å². The van der Waals surface area contributed by atoms with Crippen LogP contribution in [0.5, 0.6) is 0 Å². The van der Waals surface area contributed by atoms with E-state index in [1.54, 1.807) is 11.5 Å². The quantitative estimate of drug-likeness (QED) is 0.539. The summed E-state index contributed by atoms with van der Waals surface area (Å²) in [5.41, 5.74) is 5.75. The number of rotatable bonds is 3. The molecular weight excluding hydrogens is 360 g/mol. The van der Waals surface area contributed by atoms with Gasteiger partial charge in [-0.2, -0.15) is 0 Å². The van der Waals surface area contributed by atoms with E-state index in [1.165, 1.54) is 16.9 Å². The molecule has 3 aromatic rings. The lowest BCUT2D eigenvalue weighted by Gasteiger charge is -2.29. The number of hydrogen-bond acceptors (Lipinski definition) is 4. The number of carbonyl (C=O) groups is 2. The zero-order chi connectivity index (χ0) is 18.8. The van der Waals surface area contributed by atoms with Crippen molar-refractivity contribution in [3.05, 3.63) is 82.2 Å². The Labute approximate surface area is 160 Å². The average molecular weight is 378 g/mol. The van der Waals surface area contributed by atoms with Crippen molar-refractivity contribution in [3.8, 4) is 10.4 Å². The molecule has 2 N–H and O–H groups in total. The van der Waals surface area contributed by atoms with Crippen molar-refractivity contribution in [2.45, 2.75) is 13.0 Å². The molecule has 4 rings (SSSR count). The number of hydrogen-bond donors (Lipinski definition) is 2. The molecule has 0 saturated heterocycles. The summed E-state index contributed by atoms with van der Waals surface area (Å²) in [7, 11) is 0. The smallest absolute Gasteiger partial charge is 0.284 e. The van der Waals surface area contributed by atoms with Crippen LogP contribution in [0, 0.1) is 0 Å². The Balaban J connectivity index is 1.58. The number of amides is 2. The van der Waals surface area contributed by atoms with Crippen LogP contribution in [0.1, 0.15) is 31.2 Å². The van der Waals surface area contributed by atoms with Crippen LogP contribution in [-0.4, -0.2) is 28.5 Å². The predicted octanol–water partition coefficient (Wildman–Crippen LogP) is 3.73. The summed E-state index contributed by atoms with van der Waals surface area (Å²) in [6.07, 6.45) is 0.830. The Bertz CT molecular complexity index is 998. The van der Waals surface area contributed by atoms with Crippen LogP contribution >= 0.6 is 11.3 Å². The van der Waals surface area contributed by atoms with E-state index in [0.717, 1.165) is 22.4 Å². The highest BCUT2D eigenvalue weighted by Gasteiger charge is 2.22. The number of carbonyl (C=O) groups excluding carboxylic acids is 2. The molecule has 0 unspecified atom stereocenters. The van der Waals surface area contributed by atoms with Gasteiger partial charge in [-0.15, -0.1) is 11.3 Å². The molecule has 6 heteroatoms. The lowest BCUT2D eigenvalue weighted by molar-refractivity contribution is 0.0709. The fourth-order valence-corrected chi connectivity index (χ4v) is 4.21. The topological polar surface area (TPSA) is 69.6 Å². The lowest BCUT2D eigenvalue weighted by atomic mass is 9.96. The molecule has 2 aromatic carbocycles. The molecule has 0 atom stereocenters. The molecule has 0 bridgehead atoms. The number of benzene rings is 2. The molecule has 1 aliphatic heterocycles. The minimum atomic E-state index is -0.510. The number of nitrogens with zero attached hydrogens (tertiary/aromatic N) is 1. The van der Waals surface area contributed by atoms with Crippen molar-refractivity contribution in [1.29, 1.82) is 0 Å². The van der Waals surface area contributed by atoms with Crippen LogP contribution < -0.4 is 5.48 Å². The van der Waals surface area contributed by atoms with Gasteiger partial charge >= 0.3 is 0 Å². The lowest BCUT2D eigenvalue weighted by Crippen LogP contribution is -2.35. The van der Waals surface area contributed by atoms with E-state index >= 15 is 0 Å². The molecule has 0 aliphatic carbocycles. The molecule has 136 valence electrons. The largest absolute Gasteiger partial charge is 0.334 e. The molecule has 2 heterocycles. The fourth-order valence-electron chi connectivity index (χ4n) is 3.32. The van der Waals surface area contributed by atoms with Gasteiger partial charge in [0.05, 0.1) is 4.88 Å². The monoisotopic (exact) mass is 378 g/mol. The molecule has 1 aromatic heterocycles. The minimum Gasteiger partial charge on any atom is -0.334 e. The first kappa shape index (κ1) is 17.5. The SMILES string of the molecule is O=C(NO)c1ccc(-c2ccc3c(c2)CN(C(=O)c2ccccc2)CC3)s1. The third-order valence-corrected chi connectivity index (χ3v) is 5.88. The first-order valence-electron chi connectivity index (χ1n) is 8.66. The van der Waals surface area contributed by atoms with Crippen molar-refractivity contribution in [3.63, 3.8) is 0 Å². The molecule has 1 aliphatic rings. The minimum absolute atomic E-state index is 0.0460. The third kappa shape index (κ3) is 3.49. The van der Waals surface area contributed by atoms with E-state index in [0.29, 0.717) is 23.5 Å². The normalized spacial score (nSPS) is 13.1. The maximum absolute atomic E-state index is 12.7. The van der Waals surface area contributed by atoms with E-state index in [2.05, 4.69) is 12.1 Å². The summed E-state index contributed by atoms with van der Waals surface area (Å²) in [6, 6.07) is 19.1. The molecule has 5 nitrogen and oxygen atoms in total. The van der Waals surface area contributed by atoms with E-state index in [1.807, 2.05) is 47.4 Å². The summed E-state index contributed by atoms with van der Waals surface area (Å²) in [5, 5.41) is 8.77. The van der Waals surface area contributed by atoms with E-state index < -0.39 is 5.91 Å². The van der Waals surface area contributed by atoms with E-state index in [9.17, 15) is 9.59 Å². The predicted molar refractivity (Wildman–Crippen MR) is 104 cm³/mol. The van der Waals surface area contributed by atoms with Crippen LogP contribution in [0.25, 0.3) is 10.4 Å². The maximum Gasteiger partial charge on any atom is 0.284 e. The second kappa shape index (κ2) is 7.34. The molecule has 0 radical (unpaired) electrons. The second-order valence-electron chi connectivity index (χ2n) is 6.43. The summed E-state index contributed by atoms with van der Waals surface area (Å²) in [5.74, 6) is -0.464. The zero-order valence-corrected chi connectivity index (χ0v) is 15.3. The number of thiophene rings is 1. The van der Waals surface area contributed by atoms with Gasteiger partial charge in [0.15, 0.2) is 0 Å². The maximum atomic E-state index is 12.7. The first-order chi connectivity index (χ1) is 13.2. The van der Waals surface area contributed by atoms with Gasteiger partial charge in [-0.3, -0.25) is 14.8 Å². The van der Waals surface area contributed by atoms with Gasteiger partial charge in [-0.05, 0) is 53.4 Å². The van der Waals surface area contributed by atoms with Crippen molar-refractivity contribution in [2.75, 3.05) is 6.54 Å². The van der Waals surface area contributed by atoms with Crippen LogP contribution in [0.15, 0.2) is 60.7 Å². The van der Waals surface area contributed by atoms with Gasteiger partial charge in [0.25, 0.3) is 11.8 Å². The molecule has 2 amide bonds. The summed E-state index contributed by atoms with van der Waals surface area (Å²) in [4.78, 5) is 27.6. The van der Waals surface area contributed by atoms with Crippen molar-refractivity contribution in [1.82, 2.24) is 10.4 Å². The fraction of sp³-hybridized carbons (Fsp3) is 0.143. The van der Waals surface area contributed by atoms with Gasteiger partial charge in [-0.1, -0.05) is 30.3 Å². The van der Waals surface area contributed by atoms with Crippen LogP contribution in [0.2, 0.25) is 0 Å². The van der Waals surface area contributed by atoms with Crippen LogP contribution in [0.4, 0.5) is 0 Å². The molecule has 0 saturated carbocycles. The van der Waals surface area contributed by atoms with Crippen molar-refractivity contribution in [2.24, 2.45) is 0 Å². The van der Waals surface area contributed by atoms with Crippen LogP contribution in [0.3, 0.4) is 0 Å².